The zero-order chi connectivity index (χ0) is 39.3. The Hall–Kier alpha value is -0.760. The van der Waals surface area contributed by atoms with Crippen LogP contribution in [-0.4, -0.2) is 68.5 Å². The van der Waals surface area contributed by atoms with Crippen LogP contribution in [-0.2, 0) is 18.4 Å². The summed E-state index contributed by atoms with van der Waals surface area (Å²) in [5.41, 5.74) is 0. The minimum absolute atomic E-state index is 0.00192. The molecular weight excluding hydrogens is 683 g/mol. The van der Waals surface area contributed by atoms with Crippen molar-refractivity contribution in [1.29, 1.82) is 0 Å². The number of allylic oxidation sites excluding steroid dienone is 1. The first-order chi connectivity index (χ1) is 25.5. The molecule has 3 atom stereocenters. The van der Waals surface area contributed by atoms with Gasteiger partial charge in [0.05, 0.1) is 39.9 Å². The van der Waals surface area contributed by atoms with Crippen molar-refractivity contribution in [2.24, 2.45) is 0 Å². The van der Waals surface area contributed by atoms with E-state index in [1.54, 1.807) is 6.08 Å². The molecule has 53 heavy (non-hydrogen) atoms. The van der Waals surface area contributed by atoms with Gasteiger partial charge in [0.1, 0.15) is 13.2 Å². The molecule has 2 N–H and O–H groups in total. The molecule has 0 aliphatic rings. The Kier molecular flexibility index (Phi) is 36.3. The first-order valence-electron chi connectivity index (χ1n) is 22.6. The second kappa shape index (κ2) is 36.9. The number of hydrogen-bond donors (Lipinski definition) is 2. The summed E-state index contributed by atoms with van der Waals surface area (Å²) in [4.78, 5) is 25.3. The number of nitrogens with zero attached hydrogens (tertiary/aromatic N) is 1. The van der Waals surface area contributed by atoms with E-state index in [9.17, 15) is 19.4 Å². The number of rotatable bonds is 41. The molecule has 0 aliphatic carbocycles. The molecule has 0 bridgehead atoms. The number of aliphatic hydroxyl groups is 1. The summed E-state index contributed by atoms with van der Waals surface area (Å²) >= 11 is 0. The van der Waals surface area contributed by atoms with Crippen LogP contribution < -0.4 is 10.2 Å². The standard InChI is InChI=1S/C44H89N2O6P/c1-6-8-10-12-14-16-18-19-20-21-22-23-24-25-26-28-30-32-34-36-38-44(48)45-42(41-52-53(49,50)51-40-39-46(3,4)5)43(47)37-35-33-31-29-27-17-15-13-11-9-7-2/h35,37,42-43,47H,6-34,36,38-41H2,1-5H3,(H-,45,48,49,50)/b37-35+. The van der Waals surface area contributed by atoms with Gasteiger partial charge in [-0.2, -0.15) is 0 Å². The second-order valence-electron chi connectivity index (χ2n) is 16.8. The summed E-state index contributed by atoms with van der Waals surface area (Å²) in [7, 11) is 1.27. The quantitative estimate of drug-likeness (QED) is 0.0277. The molecule has 0 rings (SSSR count). The van der Waals surface area contributed by atoms with Gasteiger partial charge in [0, 0.05) is 6.42 Å². The zero-order valence-electron chi connectivity index (χ0n) is 35.7. The molecule has 316 valence electrons. The molecule has 8 nitrogen and oxygen atoms in total. The number of quaternary nitrogens is 1. The van der Waals surface area contributed by atoms with E-state index < -0.39 is 20.0 Å². The van der Waals surface area contributed by atoms with Crippen molar-refractivity contribution in [3.05, 3.63) is 12.2 Å². The summed E-state index contributed by atoms with van der Waals surface area (Å²) in [6.07, 6.45) is 41.1. The Bertz CT molecular complexity index is 880. The predicted octanol–water partition coefficient (Wildman–Crippen LogP) is 11.7. The largest absolute Gasteiger partial charge is 0.756 e. The van der Waals surface area contributed by atoms with Gasteiger partial charge < -0.3 is 28.8 Å². The van der Waals surface area contributed by atoms with Crippen LogP contribution in [0.3, 0.4) is 0 Å². The van der Waals surface area contributed by atoms with Crippen molar-refractivity contribution in [2.75, 3.05) is 40.9 Å². The van der Waals surface area contributed by atoms with Crippen molar-refractivity contribution >= 4 is 13.7 Å². The maximum absolute atomic E-state index is 12.8. The molecule has 0 aromatic rings. The van der Waals surface area contributed by atoms with Gasteiger partial charge in [-0.15, -0.1) is 0 Å². The average molecular weight is 773 g/mol. The van der Waals surface area contributed by atoms with Gasteiger partial charge in [0.2, 0.25) is 5.91 Å². The van der Waals surface area contributed by atoms with E-state index in [-0.39, 0.29) is 19.1 Å². The molecule has 0 spiro atoms. The van der Waals surface area contributed by atoms with Crippen LogP contribution >= 0.6 is 7.82 Å². The lowest BCUT2D eigenvalue weighted by Crippen LogP contribution is -2.45. The summed E-state index contributed by atoms with van der Waals surface area (Å²) < 4.78 is 23.2. The van der Waals surface area contributed by atoms with Crippen LogP contribution in [0.5, 0.6) is 0 Å². The number of likely N-dealkylation sites (N-methyl/N-ethyl adjacent to an activating group) is 1. The van der Waals surface area contributed by atoms with E-state index in [1.807, 2.05) is 27.2 Å². The van der Waals surface area contributed by atoms with Crippen LogP contribution in [0.4, 0.5) is 0 Å². The third-order valence-corrected chi connectivity index (χ3v) is 11.2. The lowest BCUT2D eigenvalue weighted by molar-refractivity contribution is -0.870. The van der Waals surface area contributed by atoms with Crippen LogP contribution in [0.1, 0.15) is 213 Å². The van der Waals surface area contributed by atoms with Gasteiger partial charge in [-0.1, -0.05) is 199 Å². The zero-order valence-corrected chi connectivity index (χ0v) is 36.6. The molecule has 0 saturated heterocycles. The molecule has 0 aromatic carbocycles. The molecule has 3 unspecified atom stereocenters. The summed E-state index contributed by atoms with van der Waals surface area (Å²) in [6.45, 7) is 4.65. The Labute approximate surface area is 329 Å². The smallest absolute Gasteiger partial charge is 0.268 e. The normalized spacial score (nSPS) is 14.5. The van der Waals surface area contributed by atoms with Crippen LogP contribution in [0.2, 0.25) is 0 Å². The molecule has 0 aromatic heterocycles. The summed E-state index contributed by atoms with van der Waals surface area (Å²) in [5, 5.41) is 13.7. The van der Waals surface area contributed by atoms with Crippen LogP contribution in [0, 0.1) is 0 Å². The van der Waals surface area contributed by atoms with E-state index >= 15 is 0 Å². The van der Waals surface area contributed by atoms with Crippen molar-refractivity contribution < 1.29 is 32.9 Å². The number of aliphatic hydroxyl groups excluding tert-OH is 1. The van der Waals surface area contributed by atoms with Crippen LogP contribution in [0.15, 0.2) is 12.2 Å². The van der Waals surface area contributed by atoms with E-state index in [1.165, 1.54) is 154 Å². The van der Waals surface area contributed by atoms with Crippen molar-refractivity contribution in [1.82, 2.24) is 5.32 Å². The monoisotopic (exact) mass is 773 g/mol. The number of carbonyl (C=O) groups is 1. The first kappa shape index (κ1) is 52.2. The first-order valence-corrected chi connectivity index (χ1v) is 24.0. The SMILES string of the molecule is CCCCCCCCCCC/C=C/C(O)C(COP(=O)([O-])OCC[N+](C)(C)C)NC(=O)CCCCCCCCCCCCCCCCCCCCCC. The molecule has 0 radical (unpaired) electrons. The molecule has 9 heteroatoms. The highest BCUT2D eigenvalue weighted by Gasteiger charge is 2.23. The Morgan fingerprint density at radius 2 is 1.02 bits per heavy atom. The van der Waals surface area contributed by atoms with E-state index in [0.717, 1.165) is 38.5 Å². The summed E-state index contributed by atoms with van der Waals surface area (Å²) in [5.74, 6) is -0.195. The Balaban J connectivity index is 4.28. The maximum Gasteiger partial charge on any atom is 0.268 e. The molecular formula is C44H89N2O6P. The van der Waals surface area contributed by atoms with Gasteiger partial charge in [-0.25, -0.2) is 0 Å². The van der Waals surface area contributed by atoms with Crippen molar-refractivity contribution in [3.8, 4) is 0 Å². The average Bonchev–Trinajstić information content (AvgIpc) is 3.10. The van der Waals surface area contributed by atoms with Gasteiger partial charge in [-0.3, -0.25) is 9.36 Å². The fourth-order valence-electron chi connectivity index (χ4n) is 6.62. The van der Waals surface area contributed by atoms with Gasteiger partial charge in [0.15, 0.2) is 0 Å². The molecule has 0 fully saturated rings. The third kappa shape index (κ3) is 39.3. The Morgan fingerprint density at radius 1 is 0.642 bits per heavy atom. The number of phosphoric acid groups is 1. The highest BCUT2D eigenvalue weighted by Crippen LogP contribution is 2.38. The fourth-order valence-corrected chi connectivity index (χ4v) is 7.35. The highest BCUT2D eigenvalue weighted by molar-refractivity contribution is 7.45. The third-order valence-electron chi connectivity index (χ3n) is 10.2. The van der Waals surface area contributed by atoms with Gasteiger partial charge in [-0.05, 0) is 19.3 Å². The van der Waals surface area contributed by atoms with Gasteiger partial charge >= 0.3 is 0 Å². The number of carbonyl (C=O) groups excluding carboxylic acids is 1. The number of nitrogens with one attached hydrogen (secondary N) is 1. The lowest BCUT2D eigenvalue weighted by atomic mass is 10.0. The molecule has 0 saturated carbocycles. The lowest BCUT2D eigenvalue weighted by Gasteiger charge is -2.29. The molecule has 0 aliphatic heterocycles. The van der Waals surface area contributed by atoms with E-state index in [2.05, 4.69) is 19.2 Å². The minimum atomic E-state index is -4.58. The topological polar surface area (TPSA) is 108 Å². The number of unbranched alkanes of at least 4 members (excludes halogenated alkanes) is 28. The van der Waals surface area contributed by atoms with E-state index in [4.69, 9.17) is 9.05 Å². The number of hydrogen-bond acceptors (Lipinski definition) is 6. The highest BCUT2D eigenvalue weighted by atomic mass is 31.2. The van der Waals surface area contributed by atoms with Crippen LogP contribution in [0.25, 0.3) is 0 Å². The molecule has 0 heterocycles. The Morgan fingerprint density at radius 3 is 1.42 bits per heavy atom. The fraction of sp³-hybridized carbons (Fsp3) is 0.932. The van der Waals surface area contributed by atoms with E-state index in [0.29, 0.717) is 17.4 Å². The summed E-state index contributed by atoms with van der Waals surface area (Å²) in [6, 6.07) is -0.878. The second-order valence-corrected chi connectivity index (χ2v) is 18.2. The number of phosphoric ester groups is 1. The van der Waals surface area contributed by atoms with Crippen molar-refractivity contribution in [3.63, 3.8) is 0 Å². The maximum atomic E-state index is 12.8. The number of amides is 1. The molecule has 1 amide bonds. The van der Waals surface area contributed by atoms with Gasteiger partial charge in [0.25, 0.3) is 7.82 Å². The predicted molar refractivity (Wildman–Crippen MR) is 224 cm³/mol. The minimum Gasteiger partial charge on any atom is -0.756 e. The van der Waals surface area contributed by atoms with Crippen molar-refractivity contribution in [2.45, 2.75) is 225 Å².